The first-order valence-electron chi connectivity index (χ1n) is 6.01. The largest absolute Gasteiger partial charge is 0.381 e. The third-order valence-corrected chi connectivity index (χ3v) is 3.41. The Bertz CT molecular complexity index is 196. The summed E-state index contributed by atoms with van der Waals surface area (Å²) in [5.74, 6) is 2.12. The van der Waals surface area contributed by atoms with E-state index >= 15 is 0 Å². The third-order valence-electron chi connectivity index (χ3n) is 2.35. The van der Waals surface area contributed by atoms with Crippen LogP contribution in [0.15, 0.2) is 0 Å². The van der Waals surface area contributed by atoms with Crippen LogP contribution in [0.1, 0.15) is 19.8 Å². The number of hydrogen-bond acceptors (Lipinski definition) is 4. The molecule has 0 bridgehead atoms. The number of ether oxygens (including phenoxy) is 1. The lowest BCUT2D eigenvalue weighted by Crippen LogP contribution is -2.49. The van der Waals surface area contributed by atoms with Gasteiger partial charge in [-0.1, -0.05) is 6.92 Å². The Hall–Kier alpha value is -0.260. The molecule has 2 N–H and O–H groups in total. The predicted molar refractivity (Wildman–Crippen MR) is 67.9 cm³/mol. The van der Waals surface area contributed by atoms with E-state index in [0.29, 0.717) is 6.54 Å². The summed E-state index contributed by atoms with van der Waals surface area (Å²) in [5.41, 5.74) is 0. The quantitative estimate of drug-likeness (QED) is 0.647. The molecule has 0 aliphatic carbocycles. The van der Waals surface area contributed by atoms with Gasteiger partial charge in [0.25, 0.3) is 0 Å². The van der Waals surface area contributed by atoms with E-state index in [9.17, 15) is 4.79 Å². The van der Waals surface area contributed by atoms with Crippen molar-refractivity contribution in [3.63, 3.8) is 0 Å². The maximum Gasteiger partial charge on any atom is 0.237 e. The van der Waals surface area contributed by atoms with Gasteiger partial charge in [0.05, 0.1) is 6.04 Å². The van der Waals surface area contributed by atoms with E-state index < -0.39 is 0 Å². The Balaban J connectivity index is 1.97. The van der Waals surface area contributed by atoms with Crippen molar-refractivity contribution in [2.45, 2.75) is 25.8 Å². The Morgan fingerprint density at radius 2 is 2.44 bits per heavy atom. The molecule has 0 aromatic carbocycles. The zero-order valence-electron chi connectivity index (χ0n) is 9.96. The molecule has 1 unspecified atom stereocenters. The molecule has 16 heavy (non-hydrogen) atoms. The van der Waals surface area contributed by atoms with Gasteiger partial charge in [-0.2, -0.15) is 11.8 Å². The van der Waals surface area contributed by atoms with E-state index in [0.717, 1.165) is 44.1 Å². The molecule has 1 aliphatic rings. The van der Waals surface area contributed by atoms with Crippen molar-refractivity contribution in [2.24, 2.45) is 0 Å². The molecule has 0 aromatic rings. The summed E-state index contributed by atoms with van der Waals surface area (Å²) in [6.07, 6.45) is 1.95. The lowest BCUT2D eigenvalue weighted by molar-refractivity contribution is -0.122. The summed E-state index contributed by atoms with van der Waals surface area (Å²) in [4.78, 5) is 11.7. The van der Waals surface area contributed by atoms with Crippen molar-refractivity contribution in [3.05, 3.63) is 0 Å². The normalized spacial score (nSPS) is 20.7. The van der Waals surface area contributed by atoms with Crippen molar-refractivity contribution in [2.75, 3.05) is 37.8 Å². The van der Waals surface area contributed by atoms with E-state index in [1.54, 1.807) is 0 Å². The van der Waals surface area contributed by atoms with Gasteiger partial charge in [0.15, 0.2) is 0 Å². The summed E-state index contributed by atoms with van der Waals surface area (Å²) in [6, 6.07) is -0.00434. The predicted octanol–water partition coefficient (Wildman–Crippen LogP) is 0.624. The zero-order valence-corrected chi connectivity index (χ0v) is 10.8. The maximum atomic E-state index is 11.7. The zero-order chi connectivity index (χ0) is 11.6. The van der Waals surface area contributed by atoms with Crippen LogP contribution in [0, 0.1) is 0 Å². The molecular weight excluding hydrogens is 224 g/mol. The van der Waals surface area contributed by atoms with Gasteiger partial charge in [-0.25, -0.2) is 0 Å². The summed E-state index contributed by atoms with van der Waals surface area (Å²) in [6.45, 7) is 5.29. The first-order chi connectivity index (χ1) is 7.84. The summed E-state index contributed by atoms with van der Waals surface area (Å²) < 4.78 is 5.34. The second-order valence-corrected chi connectivity index (χ2v) is 4.99. The molecule has 1 amide bonds. The molecule has 0 radical (unpaired) electrons. The molecule has 1 aliphatic heterocycles. The Morgan fingerprint density at radius 1 is 1.56 bits per heavy atom. The van der Waals surface area contributed by atoms with Gasteiger partial charge in [-0.3, -0.25) is 4.79 Å². The summed E-state index contributed by atoms with van der Waals surface area (Å²) >= 11 is 1.83. The van der Waals surface area contributed by atoms with Gasteiger partial charge >= 0.3 is 0 Å². The third kappa shape index (κ3) is 5.72. The highest BCUT2D eigenvalue weighted by molar-refractivity contribution is 7.99. The van der Waals surface area contributed by atoms with Crippen LogP contribution in [0.4, 0.5) is 0 Å². The number of rotatable bonds is 7. The number of hydrogen-bond donors (Lipinski definition) is 2. The Morgan fingerprint density at radius 3 is 3.12 bits per heavy atom. The molecule has 94 valence electrons. The van der Waals surface area contributed by atoms with Crippen LogP contribution in [0.5, 0.6) is 0 Å². The van der Waals surface area contributed by atoms with Crippen LogP contribution in [0.25, 0.3) is 0 Å². The fourth-order valence-corrected chi connectivity index (χ4v) is 2.42. The molecular formula is C11H22N2O2S. The minimum atomic E-state index is -0.00434. The minimum Gasteiger partial charge on any atom is -0.381 e. The van der Waals surface area contributed by atoms with Crippen LogP contribution in [-0.2, 0) is 9.53 Å². The summed E-state index contributed by atoms with van der Waals surface area (Å²) in [7, 11) is 0. The minimum absolute atomic E-state index is 0.00434. The van der Waals surface area contributed by atoms with Crippen molar-refractivity contribution in [1.82, 2.24) is 10.6 Å². The van der Waals surface area contributed by atoms with Gasteiger partial charge in [0.2, 0.25) is 5.91 Å². The number of carbonyl (C=O) groups is 1. The van der Waals surface area contributed by atoms with Gasteiger partial charge < -0.3 is 15.4 Å². The average Bonchev–Trinajstić information content (AvgIpc) is 2.34. The Labute approximate surface area is 102 Å². The van der Waals surface area contributed by atoms with Crippen molar-refractivity contribution >= 4 is 17.7 Å². The molecule has 1 heterocycles. The number of nitrogens with one attached hydrogen (secondary N) is 2. The van der Waals surface area contributed by atoms with E-state index in [2.05, 4.69) is 17.6 Å². The van der Waals surface area contributed by atoms with Gasteiger partial charge in [0, 0.05) is 37.8 Å². The highest BCUT2D eigenvalue weighted by atomic mass is 32.2. The van der Waals surface area contributed by atoms with Crippen LogP contribution in [0.2, 0.25) is 0 Å². The molecule has 1 saturated heterocycles. The van der Waals surface area contributed by atoms with E-state index in [1.165, 1.54) is 0 Å². The molecule has 0 saturated carbocycles. The lowest BCUT2D eigenvalue weighted by Gasteiger charge is -2.22. The van der Waals surface area contributed by atoms with Crippen LogP contribution in [0.3, 0.4) is 0 Å². The fraction of sp³-hybridized carbons (Fsp3) is 0.909. The Kier molecular flexibility index (Phi) is 7.63. The molecule has 1 rings (SSSR count). The van der Waals surface area contributed by atoms with E-state index in [-0.39, 0.29) is 11.9 Å². The van der Waals surface area contributed by atoms with Gasteiger partial charge in [-0.05, 0) is 12.8 Å². The maximum absolute atomic E-state index is 11.7. The molecule has 0 spiro atoms. The first kappa shape index (κ1) is 13.8. The van der Waals surface area contributed by atoms with Crippen LogP contribution < -0.4 is 10.6 Å². The van der Waals surface area contributed by atoms with E-state index in [4.69, 9.17) is 4.74 Å². The van der Waals surface area contributed by atoms with Crippen molar-refractivity contribution in [3.8, 4) is 0 Å². The molecule has 0 aromatic heterocycles. The van der Waals surface area contributed by atoms with Crippen molar-refractivity contribution < 1.29 is 9.53 Å². The number of thioether (sulfide) groups is 1. The standard InChI is InChI=1S/C11H22N2O2S/c1-2-6-15-7-3-4-13-11(14)10-9-16-8-5-12-10/h10,12H,2-9H2,1H3,(H,13,14). The first-order valence-corrected chi connectivity index (χ1v) is 7.16. The smallest absolute Gasteiger partial charge is 0.237 e. The number of carbonyl (C=O) groups excluding carboxylic acids is 1. The highest BCUT2D eigenvalue weighted by Gasteiger charge is 2.19. The SMILES string of the molecule is CCCOCCCNC(=O)C1CSCCN1. The molecule has 4 nitrogen and oxygen atoms in total. The van der Waals surface area contributed by atoms with Crippen LogP contribution in [-0.4, -0.2) is 49.8 Å². The molecule has 1 atom stereocenters. The highest BCUT2D eigenvalue weighted by Crippen LogP contribution is 2.07. The topological polar surface area (TPSA) is 50.4 Å². The summed E-state index contributed by atoms with van der Waals surface area (Å²) in [5, 5.41) is 6.15. The van der Waals surface area contributed by atoms with Gasteiger partial charge in [-0.15, -0.1) is 0 Å². The fourth-order valence-electron chi connectivity index (χ4n) is 1.49. The van der Waals surface area contributed by atoms with Crippen molar-refractivity contribution in [1.29, 1.82) is 0 Å². The monoisotopic (exact) mass is 246 g/mol. The van der Waals surface area contributed by atoms with Gasteiger partial charge in [0.1, 0.15) is 0 Å². The van der Waals surface area contributed by atoms with Crippen LogP contribution >= 0.6 is 11.8 Å². The molecule has 1 fully saturated rings. The molecule has 5 heteroatoms. The lowest BCUT2D eigenvalue weighted by atomic mass is 10.3. The van der Waals surface area contributed by atoms with E-state index in [1.807, 2.05) is 11.8 Å². The second-order valence-electron chi connectivity index (χ2n) is 3.84. The average molecular weight is 246 g/mol. The second kappa shape index (κ2) is 8.84. The number of amides is 1.